The molecule has 1 N–H and O–H groups in total. The van der Waals surface area contributed by atoms with Crippen molar-refractivity contribution in [2.45, 2.75) is 25.7 Å². The highest BCUT2D eigenvalue weighted by Gasteiger charge is 2.14. The molecule has 0 atom stereocenters. The third-order valence-corrected chi connectivity index (χ3v) is 4.55. The maximum absolute atomic E-state index is 10.6. The second kappa shape index (κ2) is 9.20. The van der Waals surface area contributed by atoms with Gasteiger partial charge in [0.15, 0.2) is 0 Å². The van der Waals surface area contributed by atoms with Crippen molar-refractivity contribution in [3.63, 3.8) is 0 Å². The Labute approximate surface area is 154 Å². The van der Waals surface area contributed by atoms with Gasteiger partial charge in [0.25, 0.3) is 0 Å². The van der Waals surface area contributed by atoms with Crippen molar-refractivity contribution in [3.05, 3.63) is 76.9 Å². The van der Waals surface area contributed by atoms with Crippen LogP contribution < -0.4 is 4.74 Å². The number of rotatable bonds is 8. The van der Waals surface area contributed by atoms with Gasteiger partial charge in [0.1, 0.15) is 12.4 Å². The number of aliphatic carboxylic acids is 1. The average Bonchev–Trinajstić information content (AvgIpc) is 2.67. The predicted molar refractivity (Wildman–Crippen MR) is 101 cm³/mol. The molecule has 0 bridgehead atoms. The molecule has 0 saturated carbocycles. The smallest absolute Gasteiger partial charge is 0.303 e. The van der Waals surface area contributed by atoms with Gasteiger partial charge in [-0.1, -0.05) is 48.0 Å². The van der Waals surface area contributed by atoms with Crippen LogP contribution in [0.1, 0.15) is 24.0 Å². The van der Waals surface area contributed by atoms with Crippen molar-refractivity contribution in [3.8, 4) is 5.75 Å². The fourth-order valence-electron chi connectivity index (χ4n) is 3.04. The van der Waals surface area contributed by atoms with Crippen LogP contribution >= 0.6 is 0 Å². The topological polar surface area (TPSA) is 55.8 Å². The Morgan fingerprint density at radius 1 is 1.00 bits per heavy atom. The van der Waals surface area contributed by atoms with E-state index < -0.39 is 5.97 Å². The van der Waals surface area contributed by atoms with E-state index in [0.29, 0.717) is 19.6 Å². The van der Waals surface area contributed by atoms with Crippen molar-refractivity contribution in [2.24, 2.45) is 0 Å². The molecule has 2 aromatic carbocycles. The highest BCUT2D eigenvalue weighted by molar-refractivity contribution is 5.67. The Kier molecular flexibility index (Phi) is 6.45. The molecule has 26 heavy (non-hydrogen) atoms. The molecule has 0 amide bonds. The van der Waals surface area contributed by atoms with E-state index in [2.05, 4.69) is 24.3 Å². The number of hydrogen-bond donors (Lipinski definition) is 1. The summed E-state index contributed by atoms with van der Waals surface area (Å²) in [5, 5.41) is 8.75. The van der Waals surface area contributed by atoms with Crippen LogP contribution in [0.2, 0.25) is 0 Å². The van der Waals surface area contributed by atoms with Crippen molar-refractivity contribution in [1.29, 1.82) is 0 Å². The Morgan fingerprint density at radius 3 is 2.50 bits per heavy atom. The minimum absolute atomic E-state index is 0.146. The quantitative estimate of drug-likeness (QED) is 0.729. The van der Waals surface area contributed by atoms with E-state index in [1.807, 2.05) is 30.3 Å². The molecule has 0 aliphatic carbocycles. The maximum atomic E-state index is 10.6. The van der Waals surface area contributed by atoms with Gasteiger partial charge in [-0.3, -0.25) is 4.79 Å². The summed E-state index contributed by atoms with van der Waals surface area (Å²) in [7, 11) is 0. The first-order valence-corrected chi connectivity index (χ1v) is 8.95. The number of carbonyl (C=O) groups is 1. The lowest BCUT2D eigenvalue weighted by Crippen LogP contribution is -2.18. The molecule has 0 spiro atoms. The van der Waals surface area contributed by atoms with Crippen molar-refractivity contribution in [1.82, 2.24) is 0 Å². The van der Waals surface area contributed by atoms with E-state index >= 15 is 0 Å². The number of aryl methyl sites for hydroxylation is 1. The molecular formula is C22H24O4. The van der Waals surface area contributed by atoms with Gasteiger partial charge in [0, 0.05) is 6.42 Å². The lowest BCUT2D eigenvalue weighted by atomic mass is 9.96. The molecule has 4 nitrogen and oxygen atoms in total. The SMILES string of the molecule is O=C(O)CCc1ccc(OCC2=C(Cc3ccccc3)CCOC2)cc1. The van der Waals surface area contributed by atoms with Crippen LogP contribution in [0.15, 0.2) is 65.7 Å². The summed E-state index contributed by atoms with van der Waals surface area (Å²) in [6.07, 6.45) is 2.57. The molecule has 0 aromatic heterocycles. The summed E-state index contributed by atoms with van der Waals surface area (Å²) >= 11 is 0. The number of ether oxygens (including phenoxy) is 2. The average molecular weight is 352 g/mol. The molecule has 2 aromatic rings. The van der Waals surface area contributed by atoms with E-state index in [1.54, 1.807) is 0 Å². The van der Waals surface area contributed by atoms with Gasteiger partial charge < -0.3 is 14.6 Å². The molecule has 1 aliphatic rings. The first-order chi connectivity index (χ1) is 12.7. The molecule has 4 heteroatoms. The van der Waals surface area contributed by atoms with Crippen LogP contribution in [0.5, 0.6) is 5.75 Å². The van der Waals surface area contributed by atoms with Crippen LogP contribution in [0.3, 0.4) is 0 Å². The summed E-state index contributed by atoms with van der Waals surface area (Å²) in [5.41, 5.74) is 4.94. The van der Waals surface area contributed by atoms with Gasteiger partial charge >= 0.3 is 5.97 Å². The Balaban J connectivity index is 1.60. The van der Waals surface area contributed by atoms with Crippen LogP contribution in [0.4, 0.5) is 0 Å². The number of benzene rings is 2. The molecule has 1 heterocycles. The highest BCUT2D eigenvalue weighted by atomic mass is 16.5. The fourth-order valence-corrected chi connectivity index (χ4v) is 3.04. The summed E-state index contributed by atoms with van der Waals surface area (Å²) in [5.74, 6) is 0.0155. The zero-order chi connectivity index (χ0) is 18.2. The first-order valence-electron chi connectivity index (χ1n) is 8.95. The van der Waals surface area contributed by atoms with Crippen LogP contribution in [0, 0.1) is 0 Å². The molecule has 0 saturated heterocycles. The Morgan fingerprint density at radius 2 is 1.77 bits per heavy atom. The first kappa shape index (κ1) is 18.2. The van der Waals surface area contributed by atoms with Crippen molar-refractivity contribution in [2.75, 3.05) is 19.8 Å². The minimum Gasteiger partial charge on any atom is -0.489 e. The second-order valence-corrected chi connectivity index (χ2v) is 6.50. The monoisotopic (exact) mass is 352 g/mol. The summed E-state index contributed by atoms with van der Waals surface area (Å²) in [6, 6.07) is 18.1. The van der Waals surface area contributed by atoms with E-state index in [1.165, 1.54) is 16.7 Å². The normalized spacial score (nSPS) is 14.3. The number of carboxylic acid groups (broad SMARTS) is 1. The summed E-state index contributed by atoms with van der Waals surface area (Å²) in [4.78, 5) is 10.6. The Bertz CT molecular complexity index is 747. The molecule has 3 rings (SSSR count). The maximum Gasteiger partial charge on any atom is 0.303 e. The third kappa shape index (κ3) is 5.46. The van der Waals surface area contributed by atoms with Crippen LogP contribution in [0.25, 0.3) is 0 Å². The second-order valence-electron chi connectivity index (χ2n) is 6.50. The largest absolute Gasteiger partial charge is 0.489 e. The van der Waals surface area contributed by atoms with Gasteiger partial charge in [0.05, 0.1) is 13.2 Å². The van der Waals surface area contributed by atoms with Gasteiger partial charge in [0.2, 0.25) is 0 Å². The molecule has 1 aliphatic heterocycles. The van der Waals surface area contributed by atoms with E-state index in [-0.39, 0.29) is 6.42 Å². The lowest BCUT2D eigenvalue weighted by molar-refractivity contribution is -0.136. The van der Waals surface area contributed by atoms with E-state index in [9.17, 15) is 4.79 Å². The Hall–Kier alpha value is -2.59. The third-order valence-electron chi connectivity index (χ3n) is 4.55. The predicted octanol–water partition coefficient (Wildman–Crippen LogP) is 4.04. The van der Waals surface area contributed by atoms with Crippen LogP contribution in [-0.4, -0.2) is 30.9 Å². The van der Waals surface area contributed by atoms with Gasteiger partial charge in [-0.05, 0) is 48.1 Å². The number of carboxylic acids is 1. The summed E-state index contributed by atoms with van der Waals surface area (Å²) in [6.45, 7) is 1.92. The zero-order valence-electron chi connectivity index (χ0n) is 14.8. The lowest BCUT2D eigenvalue weighted by Gasteiger charge is -2.21. The fraction of sp³-hybridized carbons (Fsp3) is 0.318. The van der Waals surface area contributed by atoms with Gasteiger partial charge in [-0.15, -0.1) is 0 Å². The number of hydrogen-bond acceptors (Lipinski definition) is 3. The highest BCUT2D eigenvalue weighted by Crippen LogP contribution is 2.22. The van der Waals surface area contributed by atoms with Crippen LogP contribution in [-0.2, 0) is 22.4 Å². The molecule has 0 unspecified atom stereocenters. The van der Waals surface area contributed by atoms with Crippen molar-refractivity contribution < 1.29 is 19.4 Å². The molecule has 0 radical (unpaired) electrons. The molecule has 0 fully saturated rings. The van der Waals surface area contributed by atoms with E-state index in [0.717, 1.165) is 30.8 Å². The minimum atomic E-state index is -0.777. The van der Waals surface area contributed by atoms with Gasteiger partial charge in [-0.25, -0.2) is 0 Å². The zero-order valence-corrected chi connectivity index (χ0v) is 14.8. The standard InChI is InChI=1S/C22H24O4/c23-22(24)11-8-17-6-9-21(10-7-17)26-16-20-15-25-13-12-19(20)14-18-4-2-1-3-5-18/h1-7,9-10H,8,11-16H2,(H,23,24). The molecule has 136 valence electrons. The molecular weight excluding hydrogens is 328 g/mol. The summed E-state index contributed by atoms with van der Waals surface area (Å²) < 4.78 is 11.6. The van der Waals surface area contributed by atoms with Gasteiger partial charge in [-0.2, -0.15) is 0 Å². The van der Waals surface area contributed by atoms with E-state index in [4.69, 9.17) is 14.6 Å². The van der Waals surface area contributed by atoms with Crippen molar-refractivity contribution >= 4 is 5.97 Å².